The first-order chi connectivity index (χ1) is 8.16. The summed E-state index contributed by atoms with van der Waals surface area (Å²) in [7, 11) is 1.71. The Hall–Kier alpha value is -1.10. The van der Waals surface area contributed by atoms with E-state index in [0.29, 0.717) is 19.6 Å². The number of likely N-dealkylation sites (N-methyl/N-ethyl adjacent to an activating group) is 1. The minimum Gasteiger partial charge on any atom is -0.338 e. The smallest absolute Gasteiger partial charge is 0.312 e. The van der Waals surface area contributed by atoms with Gasteiger partial charge in [-0.05, 0) is 6.42 Å². The lowest BCUT2D eigenvalue weighted by molar-refractivity contribution is -0.151. The largest absolute Gasteiger partial charge is 0.338 e. The number of nitrogens with one attached hydrogen (secondary N) is 1. The molecule has 0 unspecified atom stereocenters. The van der Waals surface area contributed by atoms with Gasteiger partial charge in [0.1, 0.15) is 0 Å². The van der Waals surface area contributed by atoms with Gasteiger partial charge in [0.05, 0.1) is 0 Å². The van der Waals surface area contributed by atoms with Crippen LogP contribution in [0.25, 0.3) is 0 Å². The molecule has 5 nitrogen and oxygen atoms in total. The number of carbonyl (C=O) groups is 2. The molecule has 17 heavy (non-hydrogen) atoms. The molecule has 1 saturated heterocycles. The van der Waals surface area contributed by atoms with Crippen LogP contribution in [-0.4, -0.2) is 61.4 Å². The standard InChI is InChI=1S/C12H23N3O2/c1-3-4-5-8-14(2)11(16)12(17)15-9-6-13-7-10-15/h13H,3-10H2,1-2H3. The predicted molar refractivity (Wildman–Crippen MR) is 66.6 cm³/mol. The molecule has 0 radical (unpaired) electrons. The van der Waals surface area contributed by atoms with E-state index in [4.69, 9.17) is 0 Å². The van der Waals surface area contributed by atoms with Gasteiger partial charge >= 0.3 is 11.8 Å². The third kappa shape index (κ3) is 4.34. The van der Waals surface area contributed by atoms with E-state index in [1.807, 2.05) is 0 Å². The van der Waals surface area contributed by atoms with E-state index in [1.165, 1.54) is 0 Å². The first-order valence-electron chi connectivity index (χ1n) is 6.42. The van der Waals surface area contributed by atoms with Crippen molar-refractivity contribution in [3.63, 3.8) is 0 Å². The molecule has 0 spiro atoms. The number of hydrogen-bond donors (Lipinski definition) is 1. The van der Waals surface area contributed by atoms with Crippen molar-refractivity contribution in [1.82, 2.24) is 15.1 Å². The molecule has 1 rings (SSSR count). The van der Waals surface area contributed by atoms with Crippen LogP contribution >= 0.6 is 0 Å². The van der Waals surface area contributed by atoms with Gasteiger partial charge in [0.15, 0.2) is 0 Å². The maximum atomic E-state index is 11.9. The molecule has 2 amide bonds. The van der Waals surface area contributed by atoms with E-state index in [0.717, 1.165) is 32.4 Å². The topological polar surface area (TPSA) is 52.7 Å². The summed E-state index contributed by atoms with van der Waals surface area (Å²) in [4.78, 5) is 26.9. The maximum absolute atomic E-state index is 11.9. The highest BCUT2D eigenvalue weighted by molar-refractivity contribution is 6.34. The summed E-state index contributed by atoms with van der Waals surface area (Å²) in [6.07, 6.45) is 3.18. The normalized spacial score (nSPS) is 15.8. The van der Waals surface area contributed by atoms with Crippen LogP contribution in [0.5, 0.6) is 0 Å². The lowest BCUT2D eigenvalue weighted by Gasteiger charge is -2.28. The number of nitrogens with zero attached hydrogens (tertiary/aromatic N) is 2. The van der Waals surface area contributed by atoms with Crippen molar-refractivity contribution in [2.75, 3.05) is 39.8 Å². The highest BCUT2D eigenvalue weighted by Gasteiger charge is 2.25. The van der Waals surface area contributed by atoms with Gasteiger partial charge < -0.3 is 15.1 Å². The minimum absolute atomic E-state index is 0.356. The molecule has 0 aromatic heterocycles. The van der Waals surface area contributed by atoms with Crippen molar-refractivity contribution in [3.05, 3.63) is 0 Å². The second-order valence-electron chi connectivity index (χ2n) is 4.48. The van der Waals surface area contributed by atoms with Crippen LogP contribution in [0.4, 0.5) is 0 Å². The van der Waals surface area contributed by atoms with E-state index in [2.05, 4.69) is 12.2 Å². The summed E-state index contributed by atoms with van der Waals surface area (Å²) < 4.78 is 0. The van der Waals surface area contributed by atoms with Crippen molar-refractivity contribution in [2.45, 2.75) is 26.2 Å². The average molecular weight is 241 g/mol. The van der Waals surface area contributed by atoms with Crippen molar-refractivity contribution in [1.29, 1.82) is 0 Å². The van der Waals surface area contributed by atoms with E-state index in [-0.39, 0.29) is 11.8 Å². The lowest BCUT2D eigenvalue weighted by atomic mass is 10.2. The maximum Gasteiger partial charge on any atom is 0.312 e. The number of rotatable bonds is 4. The van der Waals surface area contributed by atoms with Gasteiger partial charge in [0.2, 0.25) is 0 Å². The summed E-state index contributed by atoms with van der Waals surface area (Å²) in [5.74, 6) is -0.728. The van der Waals surface area contributed by atoms with Crippen LogP contribution in [0.1, 0.15) is 26.2 Å². The van der Waals surface area contributed by atoms with Gasteiger partial charge in [-0.1, -0.05) is 19.8 Å². The van der Waals surface area contributed by atoms with Gasteiger partial charge in [-0.2, -0.15) is 0 Å². The molecule has 1 heterocycles. The third-order valence-electron chi connectivity index (χ3n) is 3.03. The number of unbranched alkanes of at least 4 members (excludes halogenated alkanes) is 2. The van der Waals surface area contributed by atoms with Gasteiger partial charge in [-0.3, -0.25) is 9.59 Å². The quantitative estimate of drug-likeness (QED) is 0.559. The SMILES string of the molecule is CCCCCN(C)C(=O)C(=O)N1CCNCC1. The molecule has 1 aliphatic rings. The summed E-state index contributed by atoms with van der Waals surface area (Å²) in [5, 5.41) is 3.16. The molecule has 1 fully saturated rings. The van der Waals surface area contributed by atoms with Crippen LogP contribution in [-0.2, 0) is 9.59 Å². The Kier molecular flexibility index (Phi) is 5.97. The Labute approximate surface area is 103 Å². The Balaban J connectivity index is 2.36. The number of hydrogen-bond acceptors (Lipinski definition) is 3. The number of amides is 2. The predicted octanol–water partition coefficient (Wildman–Crippen LogP) is 0.0668. The van der Waals surface area contributed by atoms with Gasteiger partial charge in [0, 0.05) is 39.8 Å². The highest BCUT2D eigenvalue weighted by Crippen LogP contribution is 2.00. The van der Waals surface area contributed by atoms with Gasteiger partial charge in [-0.25, -0.2) is 0 Å². The van der Waals surface area contributed by atoms with Crippen LogP contribution < -0.4 is 5.32 Å². The Morgan fingerprint density at radius 2 is 1.88 bits per heavy atom. The van der Waals surface area contributed by atoms with Gasteiger partial charge in [-0.15, -0.1) is 0 Å². The zero-order chi connectivity index (χ0) is 12.7. The Morgan fingerprint density at radius 3 is 2.47 bits per heavy atom. The first kappa shape index (κ1) is 14.0. The molecule has 0 saturated carbocycles. The molecule has 1 N–H and O–H groups in total. The second kappa shape index (κ2) is 7.27. The highest BCUT2D eigenvalue weighted by atomic mass is 16.2. The molecular weight excluding hydrogens is 218 g/mol. The van der Waals surface area contributed by atoms with Gasteiger partial charge in [0.25, 0.3) is 0 Å². The molecule has 0 bridgehead atoms. The number of piperazine rings is 1. The Bertz CT molecular complexity index is 262. The fourth-order valence-electron chi connectivity index (χ4n) is 1.87. The molecule has 0 atom stereocenters. The van der Waals surface area contributed by atoms with Crippen LogP contribution in [0, 0.1) is 0 Å². The zero-order valence-electron chi connectivity index (χ0n) is 10.9. The Morgan fingerprint density at radius 1 is 1.24 bits per heavy atom. The average Bonchev–Trinajstić information content (AvgIpc) is 2.38. The van der Waals surface area contributed by atoms with Crippen LogP contribution in [0.3, 0.4) is 0 Å². The third-order valence-corrected chi connectivity index (χ3v) is 3.03. The van der Waals surface area contributed by atoms with Crippen molar-refractivity contribution in [2.24, 2.45) is 0 Å². The monoisotopic (exact) mass is 241 g/mol. The van der Waals surface area contributed by atoms with Crippen molar-refractivity contribution >= 4 is 11.8 Å². The summed E-state index contributed by atoms with van der Waals surface area (Å²) in [6, 6.07) is 0. The molecule has 0 aromatic carbocycles. The van der Waals surface area contributed by atoms with Crippen LogP contribution in [0.2, 0.25) is 0 Å². The minimum atomic E-state index is -0.372. The molecule has 98 valence electrons. The molecular formula is C12H23N3O2. The molecule has 0 aromatic rings. The van der Waals surface area contributed by atoms with Crippen molar-refractivity contribution < 1.29 is 9.59 Å². The second-order valence-corrected chi connectivity index (χ2v) is 4.48. The summed E-state index contributed by atoms with van der Waals surface area (Å²) in [6.45, 7) is 5.61. The summed E-state index contributed by atoms with van der Waals surface area (Å²) in [5.41, 5.74) is 0. The van der Waals surface area contributed by atoms with E-state index >= 15 is 0 Å². The first-order valence-corrected chi connectivity index (χ1v) is 6.42. The van der Waals surface area contributed by atoms with Crippen LogP contribution in [0.15, 0.2) is 0 Å². The molecule has 0 aliphatic carbocycles. The fourth-order valence-corrected chi connectivity index (χ4v) is 1.87. The lowest BCUT2D eigenvalue weighted by Crippen LogP contribution is -2.51. The fraction of sp³-hybridized carbons (Fsp3) is 0.833. The zero-order valence-corrected chi connectivity index (χ0v) is 10.9. The van der Waals surface area contributed by atoms with Crippen molar-refractivity contribution in [3.8, 4) is 0 Å². The molecule has 5 heteroatoms. The van der Waals surface area contributed by atoms with E-state index in [1.54, 1.807) is 16.8 Å². The van der Waals surface area contributed by atoms with E-state index in [9.17, 15) is 9.59 Å². The molecule has 1 aliphatic heterocycles. The number of carbonyl (C=O) groups excluding carboxylic acids is 2. The summed E-state index contributed by atoms with van der Waals surface area (Å²) >= 11 is 0. The van der Waals surface area contributed by atoms with E-state index < -0.39 is 0 Å².